The fourth-order valence-corrected chi connectivity index (χ4v) is 5.18. The first-order valence-corrected chi connectivity index (χ1v) is 11.2. The van der Waals surface area contributed by atoms with Gasteiger partial charge < -0.3 is 19.6 Å². The summed E-state index contributed by atoms with van der Waals surface area (Å²) >= 11 is 0. The van der Waals surface area contributed by atoms with E-state index in [0.717, 1.165) is 26.2 Å². The average molecular weight is 411 g/mol. The van der Waals surface area contributed by atoms with Crippen LogP contribution < -0.4 is 10.4 Å². The highest BCUT2D eigenvalue weighted by Crippen LogP contribution is 2.10. The molecule has 0 heterocycles. The summed E-state index contributed by atoms with van der Waals surface area (Å²) in [6.07, 6.45) is 0. The van der Waals surface area contributed by atoms with Crippen molar-refractivity contribution >= 4 is 19.9 Å². The van der Waals surface area contributed by atoms with Crippen molar-refractivity contribution in [2.75, 3.05) is 56.4 Å². The Morgan fingerprint density at radius 1 is 0.483 bits per heavy atom. The highest BCUT2D eigenvalue weighted by atomic mass is 28.2. The minimum atomic E-state index is 0.664. The summed E-state index contributed by atoms with van der Waals surface area (Å²) in [5, 5.41) is 3.03. The molecular formula is C24H38N4Si. The summed E-state index contributed by atoms with van der Waals surface area (Å²) in [5.41, 5.74) is 5.79. The lowest BCUT2D eigenvalue weighted by atomic mass is 10.1. The van der Waals surface area contributed by atoms with E-state index in [4.69, 9.17) is 0 Å². The molecule has 0 aliphatic carbocycles. The molecule has 158 valence electrons. The van der Waals surface area contributed by atoms with Crippen molar-refractivity contribution < 1.29 is 0 Å². The number of hydrogen-bond acceptors (Lipinski definition) is 4. The van der Waals surface area contributed by atoms with Gasteiger partial charge in [0.05, 0.1) is 0 Å². The molecule has 2 aromatic rings. The van der Waals surface area contributed by atoms with Crippen LogP contribution in [0.2, 0.25) is 0 Å². The first kappa shape index (κ1) is 23.8. The van der Waals surface area contributed by atoms with Gasteiger partial charge in [0.1, 0.15) is 9.52 Å². The van der Waals surface area contributed by atoms with Crippen molar-refractivity contribution in [2.45, 2.75) is 26.2 Å². The zero-order valence-electron chi connectivity index (χ0n) is 19.6. The van der Waals surface area contributed by atoms with Gasteiger partial charge in [-0.3, -0.25) is 0 Å². The molecule has 29 heavy (non-hydrogen) atoms. The molecular weight excluding hydrogens is 372 g/mol. The average Bonchev–Trinajstić information content (AvgIpc) is 2.58. The molecule has 0 atom stereocenters. The van der Waals surface area contributed by atoms with Crippen LogP contribution in [0.5, 0.6) is 0 Å². The first-order chi connectivity index (χ1) is 13.7. The molecule has 2 aromatic carbocycles. The van der Waals surface area contributed by atoms with Gasteiger partial charge in [0.15, 0.2) is 0 Å². The van der Waals surface area contributed by atoms with Crippen molar-refractivity contribution in [1.82, 2.24) is 19.6 Å². The van der Waals surface area contributed by atoms with E-state index >= 15 is 0 Å². The maximum absolute atomic E-state index is 2.31. The lowest BCUT2D eigenvalue weighted by Crippen LogP contribution is -2.40. The van der Waals surface area contributed by atoms with Crippen LogP contribution in [0.3, 0.4) is 0 Å². The molecule has 0 aliphatic heterocycles. The Morgan fingerprint density at radius 2 is 0.724 bits per heavy atom. The third kappa shape index (κ3) is 7.35. The van der Waals surface area contributed by atoms with Gasteiger partial charge in [-0.1, -0.05) is 36.4 Å². The van der Waals surface area contributed by atoms with Crippen LogP contribution in [0.25, 0.3) is 0 Å². The van der Waals surface area contributed by atoms with Crippen LogP contribution in [-0.2, 0) is 26.2 Å². The zero-order chi connectivity index (χ0) is 21.6. The van der Waals surface area contributed by atoms with Crippen LogP contribution in [0.4, 0.5) is 0 Å². The second-order valence-electron chi connectivity index (χ2n) is 8.98. The van der Waals surface area contributed by atoms with Gasteiger partial charge in [-0.2, -0.15) is 0 Å². The molecule has 0 saturated heterocycles. The smallest absolute Gasteiger partial charge is 0.123 e. The topological polar surface area (TPSA) is 13.0 Å². The minimum Gasteiger partial charge on any atom is -0.305 e. The fraction of sp³-hybridized carbons (Fsp3) is 0.500. The van der Waals surface area contributed by atoms with Crippen LogP contribution >= 0.6 is 0 Å². The van der Waals surface area contributed by atoms with Gasteiger partial charge >= 0.3 is 0 Å². The van der Waals surface area contributed by atoms with Crippen molar-refractivity contribution in [3.8, 4) is 0 Å². The summed E-state index contributed by atoms with van der Waals surface area (Å²) in [4.78, 5) is 9.09. The Labute approximate surface area is 180 Å². The maximum Gasteiger partial charge on any atom is 0.123 e. The Kier molecular flexibility index (Phi) is 9.05. The largest absolute Gasteiger partial charge is 0.305 e. The van der Waals surface area contributed by atoms with E-state index in [1.54, 1.807) is 0 Å². The van der Waals surface area contributed by atoms with Gasteiger partial charge in [-0.25, -0.2) is 0 Å². The lowest BCUT2D eigenvalue weighted by Gasteiger charge is -2.23. The van der Waals surface area contributed by atoms with Crippen molar-refractivity contribution in [2.24, 2.45) is 0 Å². The van der Waals surface area contributed by atoms with E-state index in [9.17, 15) is 0 Å². The van der Waals surface area contributed by atoms with Crippen LogP contribution in [0.15, 0.2) is 36.4 Å². The summed E-state index contributed by atoms with van der Waals surface area (Å²) < 4.78 is 0. The molecule has 2 radical (unpaired) electrons. The van der Waals surface area contributed by atoms with Crippen LogP contribution in [0.1, 0.15) is 22.3 Å². The van der Waals surface area contributed by atoms with Gasteiger partial charge in [-0.15, -0.1) is 0 Å². The zero-order valence-corrected chi connectivity index (χ0v) is 20.6. The molecule has 0 fully saturated rings. The fourth-order valence-electron chi connectivity index (χ4n) is 3.64. The molecule has 0 amide bonds. The van der Waals surface area contributed by atoms with Gasteiger partial charge in [-0.05, 0) is 89.0 Å². The molecule has 0 spiro atoms. The number of benzene rings is 2. The van der Waals surface area contributed by atoms with Gasteiger partial charge in [0.2, 0.25) is 0 Å². The molecule has 0 unspecified atom stereocenters. The Morgan fingerprint density at radius 3 is 0.931 bits per heavy atom. The normalized spacial score (nSPS) is 12.0. The van der Waals surface area contributed by atoms with E-state index < -0.39 is 0 Å². The maximum atomic E-state index is 2.31. The second kappa shape index (κ2) is 11.0. The summed E-state index contributed by atoms with van der Waals surface area (Å²) in [5.74, 6) is 0. The van der Waals surface area contributed by atoms with Crippen LogP contribution in [-0.4, -0.2) is 85.5 Å². The molecule has 2 rings (SSSR count). The van der Waals surface area contributed by atoms with E-state index in [0.29, 0.717) is 9.52 Å². The molecule has 0 aromatic heterocycles. The number of nitrogens with zero attached hydrogens (tertiary/aromatic N) is 4. The molecule has 0 aliphatic rings. The van der Waals surface area contributed by atoms with Crippen molar-refractivity contribution in [3.63, 3.8) is 0 Å². The van der Waals surface area contributed by atoms with E-state index in [1.807, 2.05) is 0 Å². The third-order valence-corrected chi connectivity index (χ3v) is 6.45. The predicted octanol–water partition coefficient (Wildman–Crippen LogP) is 1.59. The molecule has 5 heteroatoms. The number of hydrogen-bond donors (Lipinski definition) is 0. The molecule has 4 nitrogen and oxygen atoms in total. The minimum absolute atomic E-state index is 0.664. The van der Waals surface area contributed by atoms with Gasteiger partial charge in [0, 0.05) is 26.2 Å². The standard InChI is InChI=1S/C24H38N4Si/c1-25(2)15-19-11-9-12-20(16-26(3)4)23(19)29-24-21(17-27(5)6)13-10-14-22(24)18-28(7)8/h9-14H,15-18H2,1-8H3. The summed E-state index contributed by atoms with van der Waals surface area (Å²) in [6, 6.07) is 13.7. The SMILES string of the molecule is CN(C)Cc1cccc(CN(C)C)c1[Si]c1c(CN(C)C)cccc1CN(C)C. The third-order valence-electron chi connectivity index (χ3n) is 4.67. The van der Waals surface area contributed by atoms with E-state index in [-0.39, 0.29) is 0 Å². The van der Waals surface area contributed by atoms with Gasteiger partial charge in [0.25, 0.3) is 0 Å². The monoisotopic (exact) mass is 410 g/mol. The summed E-state index contributed by atoms with van der Waals surface area (Å²) in [6.45, 7) is 3.90. The predicted molar refractivity (Wildman–Crippen MR) is 127 cm³/mol. The Bertz CT molecular complexity index is 662. The molecule has 0 saturated carbocycles. The highest BCUT2D eigenvalue weighted by Gasteiger charge is 2.17. The highest BCUT2D eigenvalue weighted by molar-refractivity contribution is 6.69. The Hall–Kier alpha value is -1.50. The number of rotatable bonds is 10. The van der Waals surface area contributed by atoms with Crippen molar-refractivity contribution in [3.05, 3.63) is 58.7 Å². The quantitative estimate of drug-likeness (QED) is 0.552. The second-order valence-corrected chi connectivity index (χ2v) is 10.2. The first-order valence-electron chi connectivity index (χ1n) is 10.2. The summed E-state index contributed by atoms with van der Waals surface area (Å²) in [7, 11) is 17.9. The van der Waals surface area contributed by atoms with Crippen LogP contribution in [0, 0.1) is 0 Å². The van der Waals surface area contributed by atoms with Crippen molar-refractivity contribution in [1.29, 1.82) is 0 Å². The van der Waals surface area contributed by atoms with E-state index in [1.165, 1.54) is 32.6 Å². The Balaban J connectivity index is 2.58. The molecule has 0 N–H and O–H groups in total. The van der Waals surface area contributed by atoms with E-state index in [2.05, 4.69) is 112 Å². The lowest BCUT2D eigenvalue weighted by molar-refractivity contribution is 0.397. The molecule has 0 bridgehead atoms.